The molecule has 1 aromatic heterocycles. The number of fused-ring (bicyclic) bond motifs is 1. The Bertz CT molecular complexity index is 859. The number of amides is 2. The van der Waals surface area contributed by atoms with Crippen molar-refractivity contribution in [2.45, 2.75) is 19.0 Å². The van der Waals surface area contributed by atoms with Crippen molar-refractivity contribution in [3.05, 3.63) is 47.3 Å². The van der Waals surface area contributed by atoms with Crippen molar-refractivity contribution in [2.24, 2.45) is 0 Å². The van der Waals surface area contributed by atoms with Gasteiger partial charge in [-0.05, 0) is 25.6 Å². The first-order chi connectivity index (χ1) is 14.1. The number of hydrogen-bond donors (Lipinski definition) is 2. The zero-order chi connectivity index (χ0) is 20.2. The molecule has 0 unspecified atom stereocenters. The van der Waals surface area contributed by atoms with E-state index in [0.29, 0.717) is 13.1 Å². The Morgan fingerprint density at radius 2 is 1.97 bits per heavy atom. The highest BCUT2D eigenvalue weighted by atomic mass is 16.2. The van der Waals surface area contributed by atoms with E-state index in [9.17, 15) is 9.59 Å². The largest absolute Gasteiger partial charge is 0.351 e. The van der Waals surface area contributed by atoms with Crippen molar-refractivity contribution < 1.29 is 9.59 Å². The van der Waals surface area contributed by atoms with Gasteiger partial charge in [-0.2, -0.15) is 0 Å². The van der Waals surface area contributed by atoms with Crippen LogP contribution in [0.3, 0.4) is 0 Å². The van der Waals surface area contributed by atoms with Crippen molar-refractivity contribution >= 4 is 11.8 Å². The summed E-state index contributed by atoms with van der Waals surface area (Å²) < 4.78 is 1.52. The lowest BCUT2D eigenvalue weighted by Crippen LogP contribution is -2.45. The predicted molar refractivity (Wildman–Crippen MR) is 108 cm³/mol. The van der Waals surface area contributed by atoms with E-state index in [1.54, 1.807) is 0 Å². The summed E-state index contributed by atoms with van der Waals surface area (Å²) in [7, 11) is 2.13. The minimum atomic E-state index is -0.349. The standard InChI is InChI=1S/C20H27N7O2/c1-25-10-12-26(13-11-25)9-5-8-21-19(28)17-18-20(29)22-16(14-27(18)24-23-17)15-6-3-2-4-7-15/h2-4,6-7,16H,5,8-14H2,1H3,(H,21,28)(H,22,29)/t16-/m1/s1. The Labute approximate surface area is 170 Å². The van der Waals surface area contributed by atoms with Gasteiger partial charge < -0.3 is 20.4 Å². The third-order valence-electron chi connectivity index (χ3n) is 5.56. The van der Waals surface area contributed by atoms with Crippen LogP contribution in [-0.2, 0) is 6.54 Å². The Morgan fingerprint density at radius 3 is 2.72 bits per heavy atom. The topological polar surface area (TPSA) is 95.4 Å². The molecule has 1 atom stereocenters. The van der Waals surface area contributed by atoms with E-state index in [4.69, 9.17) is 0 Å². The molecule has 154 valence electrons. The summed E-state index contributed by atoms with van der Waals surface area (Å²) in [5.41, 5.74) is 1.32. The van der Waals surface area contributed by atoms with E-state index in [1.807, 2.05) is 30.3 Å². The van der Waals surface area contributed by atoms with Gasteiger partial charge in [-0.15, -0.1) is 5.10 Å². The molecule has 0 saturated carbocycles. The molecule has 2 amide bonds. The number of piperazine rings is 1. The van der Waals surface area contributed by atoms with E-state index in [2.05, 4.69) is 37.8 Å². The molecule has 1 saturated heterocycles. The van der Waals surface area contributed by atoms with Gasteiger partial charge in [-0.1, -0.05) is 35.5 Å². The quantitative estimate of drug-likeness (QED) is 0.673. The van der Waals surface area contributed by atoms with Gasteiger partial charge >= 0.3 is 0 Å². The van der Waals surface area contributed by atoms with E-state index >= 15 is 0 Å². The SMILES string of the molecule is CN1CCN(CCCNC(=O)c2nnn3c2C(=O)N[C@@H](c2ccccc2)C3)CC1. The van der Waals surface area contributed by atoms with Crippen LogP contribution in [0.4, 0.5) is 0 Å². The molecule has 4 rings (SSSR count). The van der Waals surface area contributed by atoms with Crippen LogP contribution in [-0.4, -0.2) is 82.9 Å². The van der Waals surface area contributed by atoms with Crippen molar-refractivity contribution in [2.75, 3.05) is 46.3 Å². The zero-order valence-electron chi connectivity index (χ0n) is 16.7. The van der Waals surface area contributed by atoms with Gasteiger partial charge in [0.25, 0.3) is 11.8 Å². The van der Waals surface area contributed by atoms with Crippen LogP contribution in [0.25, 0.3) is 0 Å². The molecule has 9 nitrogen and oxygen atoms in total. The number of benzene rings is 1. The molecule has 0 radical (unpaired) electrons. The van der Waals surface area contributed by atoms with Gasteiger partial charge in [0.1, 0.15) is 0 Å². The first-order valence-corrected chi connectivity index (χ1v) is 10.1. The molecule has 3 heterocycles. The molecule has 0 aliphatic carbocycles. The Kier molecular flexibility index (Phi) is 5.86. The molecular weight excluding hydrogens is 370 g/mol. The molecule has 2 N–H and O–H groups in total. The average Bonchev–Trinajstić information content (AvgIpc) is 3.18. The maximum atomic E-state index is 12.6. The number of nitrogens with one attached hydrogen (secondary N) is 2. The van der Waals surface area contributed by atoms with E-state index in [0.717, 1.165) is 44.7 Å². The van der Waals surface area contributed by atoms with Gasteiger partial charge in [0.05, 0.1) is 12.6 Å². The van der Waals surface area contributed by atoms with E-state index in [1.165, 1.54) is 4.68 Å². The van der Waals surface area contributed by atoms with E-state index in [-0.39, 0.29) is 29.2 Å². The van der Waals surface area contributed by atoms with Crippen LogP contribution >= 0.6 is 0 Å². The van der Waals surface area contributed by atoms with Crippen LogP contribution in [0.1, 0.15) is 39.0 Å². The molecule has 9 heteroatoms. The number of carbonyl (C=O) groups is 2. The van der Waals surface area contributed by atoms with Crippen LogP contribution < -0.4 is 10.6 Å². The first-order valence-electron chi connectivity index (χ1n) is 10.1. The summed E-state index contributed by atoms with van der Waals surface area (Å²) in [6.45, 7) is 6.24. The van der Waals surface area contributed by atoms with Crippen molar-refractivity contribution in [3.8, 4) is 0 Å². The van der Waals surface area contributed by atoms with Crippen LogP contribution in [0, 0.1) is 0 Å². The first kappa shape index (κ1) is 19.5. The summed E-state index contributed by atoms with van der Waals surface area (Å²) in [4.78, 5) is 29.9. The fourth-order valence-corrected chi connectivity index (χ4v) is 3.80. The van der Waals surface area contributed by atoms with Gasteiger partial charge in [0.15, 0.2) is 11.4 Å². The molecule has 2 aliphatic heterocycles. The second-order valence-corrected chi connectivity index (χ2v) is 7.66. The maximum absolute atomic E-state index is 12.6. The molecule has 2 aromatic rings. The number of aromatic nitrogens is 3. The number of nitrogens with zero attached hydrogens (tertiary/aromatic N) is 5. The van der Waals surface area contributed by atoms with Gasteiger partial charge in [-0.25, -0.2) is 4.68 Å². The lowest BCUT2D eigenvalue weighted by Gasteiger charge is -2.32. The molecule has 2 aliphatic rings. The second-order valence-electron chi connectivity index (χ2n) is 7.66. The van der Waals surface area contributed by atoms with Gasteiger partial charge in [0, 0.05) is 32.7 Å². The van der Waals surface area contributed by atoms with Crippen molar-refractivity contribution in [3.63, 3.8) is 0 Å². The summed E-state index contributed by atoms with van der Waals surface area (Å²) >= 11 is 0. The normalized spacial score (nSPS) is 20.2. The molecule has 0 spiro atoms. The highest BCUT2D eigenvalue weighted by Crippen LogP contribution is 2.21. The van der Waals surface area contributed by atoms with Gasteiger partial charge in [-0.3, -0.25) is 9.59 Å². The Morgan fingerprint density at radius 1 is 1.21 bits per heavy atom. The second kappa shape index (κ2) is 8.71. The van der Waals surface area contributed by atoms with Gasteiger partial charge in [0.2, 0.25) is 0 Å². The van der Waals surface area contributed by atoms with Crippen LogP contribution in [0.15, 0.2) is 30.3 Å². The number of carbonyl (C=O) groups excluding carboxylic acids is 2. The molecule has 1 fully saturated rings. The molecular formula is C20H27N7O2. The summed E-state index contributed by atoms with van der Waals surface area (Å²) in [5, 5.41) is 13.9. The molecule has 1 aromatic carbocycles. The minimum absolute atomic E-state index is 0.0913. The molecule has 0 bridgehead atoms. The monoisotopic (exact) mass is 397 g/mol. The summed E-state index contributed by atoms with van der Waals surface area (Å²) in [6, 6.07) is 9.53. The maximum Gasteiger partial charge on any atom is 0.274 e. The van der Waals surface area contributed by atoms with Crippen LogP contribution in [0.2, 0.25) is 0 Å². The number of rotatable bonds is 6. The fraction of sp³-hybridized carbons (Fsp3) is 0.500. The lowest BCUT2D eigenvalue weighted by molar-refractivity contribution is 0.0875. The lowest BCUT2D eigenvalue weighted by atomic mass is 10.0. The van der Waals surface area contributed by atoms with Crippen molar-refractivity contribution in [1.29, 1.82) is 0 Å². The smallest absolute Gasteiger partial charge is 0.274 e. The Balaban J connectivity index is 1.32. The fourth-order valence-electron chi connectivity index (χ4n) is 3.80. The average molecular weight is 397 g/mol. The number of hydrogen-bond acceptors (Lipinski definition) is 6. The van der Waals surface area contributed by atoms with Crippen molar-refractivity contribution in [1.82, 2.24) is 35.4 Å². The Hall–Kier alpha value is -2.78. The minimum Gasteiger partial charge on any atom is -0.351 e. The molecule has 29 heavy (non-hydrogen) atoms. The third-order valence-corrected chi connectivity index (χ3v) is 5.56. The van der Waals surface area contributed by atoms with Crippen LogP contribution in [0.5, 0.6) is 0 Å². The summed E-state index contributed by atoms with van der Waals surface area (Å²) in [6.07, 6.45) is 0.862. The zero-order valence-corrected chi connectivity index (χ0v) is 16.7. The summed E-state index contributed by atoms with van der Waals surface area (Å²) in [5.74, 6) is -0.671. The highest BCUT2D eigenvalue weighted by Gasteiger charge is 2.32. The van der Waals surface area contributed by atoms with E-state index < -0.39 is 0 Å². The number of likely N-dealkylation sites (N-methyl/N-ethyl adjacent to an activating group) is 1. The third kappa shape index (κ3) is 4.46. The highest BCUT2D eigenvalue weighted by molar-refractivity contribution is 6.05. The predicted octanol–water partition coefficient (Wildman–Crippen LogP) is 0.130.